The zero-order valence-electron chi connectivity index (χ0n) is 24.2. The maximum absolute atomic E-state index is 14.0. The van der Waals surface area contributed by atoms with Crippen LogP contribution in [-0.2, 0) is 29.0 Å². The number of hydrogen-bond acceptors (Lipinski definition) is 4. The summed E-state index contributed by atoms with van der Waals surface area (Å²) in [6.45, 7) is 11.1. The number of rotatable bonds is 13. The molecule has 0 aliphatic rings. The van der Waals surface area contributed by atoms with Crippen molar-refractivity contribution in [2.24, 2.45) is 0 Å². The van der Waals surface area contributed by atoms with Crippen LogP contribution in [0.4, 0.5) is 0 Å². The Bertz CT molecular complexity index is 1240. The van der Waals surface area contributed by atoms with Gasteiger partial charge in [-0.2, -0.15) is 0 Å². The highest BCUT2D eigenvalue weighted by Gasteiger charge is 2.32. The monoisotopic (exact) mass is 608 g/mol. The average molecular weight is 610 g/mol. The SMILES string of the molecule is CCOc1ccc(CCC(=O)N(Cc2ccc(Br)cc2)[C@@H](Cc2ccccc2)C(=O)NC(C)(C)C)cc1OCC. The second-order valence-corrected chi connectivity index (χ2v) is 11.7. The molecule has 2 amide bonds. The van der Waals surface area contributed by atoms with E-state index in [0.29, 0.717) is 44.1 Å². The summed E-state index contributed by atoms with van der Waals surface area (Å²) in [4.78, 5) is 29.4. The van der Waals surface area contributed by atoms with Crippen molar-refractivity contribution in [2.75, 3.05) is 13.2 Å². The summed E-state index contributed by atoms with van der Waals surface area (Å²) in [7, 11) is 0. The average Bonchev–Trinajstić information content (AvgIpc) is 2.91. The number of benzene rings is 3. The minimum absolute atomic E-state index is 0.0836. The number of carbonyl (C=O) groups is 2. The lowest BCUT2D eigenvalue weighted by molar-refractivity contribution is -0.141. The number of carbonyl (C=O) groups excluding carboxylic acids is 2. The number of halogens is 1. The molecule has 6 nitrogen and oxygen atoms in total. The number of amides is 2. The van der Waals surface area contributed by atoms with Gasteiger partial charge in [0, 0.05) is 29.4 Å². The number of hydrogen-bond donors (Lipinski definition) is 1. The molecular formula is C33H41BrN2O4. The van der Waals surface area contributed by atoms with Gasteiger partial charge < -0.3 is 19.7 Å². The van der Waals surface area contributed by atoms with Crippen LogP contribution < -0.4 is 14.8 Å². The molecule has 0 unspecified atom stereocenters. The fraction of sp³-hybridized carbons (Fsp3) is 0.394. The molecule has 0 saturated heterocycles. The third-order valence-electron chi connectivity index (χ3n) is 6.27. The second-order valence-electron chi connectivity index (χ2n) is 10.7. The first-order valence-electron chi connectivity index (χ1n) is 13.9. The minimum Gasteiger partial charge on any atom is -0.490 e. The van der Waals surface area contributed by atoms with Crippen molar-refractivity contribution in [3.8, 4) is 11.5 Å². The van der Waals surface area contributed by atoms with Crippen molar-refractivity contribution >= 4 is 27.7 Å². The molecular weight excluding hydrogens is 568 g/mol. The zero-order chi connectivity index (χ0) is 29.1. The molecule has 7 heteroatoms. The van der Waals surface area contributed by atoms with Crippen LogP contribution in [0.2, 0.25) is 0 Å². The highest BCUT2D eigenvalue weighted by Crippen LogP contribution is 2.29. The lowest BCUT2D eigenvalue weighted by atomic mass is 9.99. The molecule has 0 bridgehead atoms. The summed E-state index contributed by atoms with van der Waals surface area (Å²) in [5.41, 5.74) is 2.49. The Morgan fingerprint density at radius 1 is 0.850 bits per heavy atom. The molecule has 214 valence electrons. The van der Waals surface area contributed by atoms with Crippen LogP contribution >= 0.6 is 15.9 Å². The summed E-state index contributed by atoms with van der Waals surface area (Å²) in [5, 5.41) is 3.11. The summed E-state index contributed by atoms with van der Waals surface area (Å²) in [6, 6.07) is 22.8. The van der Waals surface area contributed by atoms with Gasteiger partial charge in [-0.25, -0.2) is 0 Å². The molecule has 0 saturated carbocycles. The van der Waals surface area contributed by atoms with Crippen molar-refractivity contribution in [1.82, 2.24) is 10.2 Å². The summed E-state index contributed by atoms with van der Waals surface area (Å²) < 4.78 is 12.4. The van der Waals surface area contributed by atoms with Crippen LogP contribution in [0.1, 0.15) is 57.7 Å². The fourth-order valence-corrected chi connectivity index (χ4v) is 4.70. The lowest BCUT2D eigenvalue weighted by Gasteiger charge is -2.34. The first-order chi connectivity index (χ1) is 19.1. The van der Waals surface area contributed by atoms with Gasteiger partial charge in [-0.05, 0) is 82.0 Å². The summed E-state index contributed by atoms with van der Waals surface area (Å²) in [5.74, 6) is 1.12. The van der Waals surface area contributed by atoms with Gasteiger partial charge in [-0.15, -0.1) is 0 Å². The molecule has 0 aliphatic carbocycles. The molecule has 0 heterocycles. The van der Waals surface area contributed by atoms with Gasteiger partial charge in [-0.1, -0.05) is 64.5 Å². The Kier molecular flexibility index (Phi) is 11.6. The van der Waals surface area contributed by atoms with Gasteiger partial charge in [0.05, 0.1) is 13.2 Å². The van der Waals surface area contributed by atoms with Crippen molar-refractivity contribution in [3.05, 3.63) is 94.0 Å². The number of ether oxygens (including phenoxy) is 2. The second kappa shape index (κ2) is 14.9. The van der Waals surface area contributed by atoms with Gasteiger partial charge in [0.2, 0.25) is 11.8 Å². The summed E-state index contributed by atoms with van der Waals surface area (Å²) >= 11 is 3.49. The Morgan fingerprint density at radius 2 is 1.48 bits per heavy atom. The molecule has 0 radical (unpaired) electrons. The summed E-state index contributed by atoms with van der Waals surface area (Å²) in [6.07, 6.45) is 1.19. The van der Waals surface area contributed by atoms with E-state index in [9.17, 15) is 9.59 Å². The standard InChI is InChI=1S/C33H41BrN2O4/c1-6-39-29-19-15-25(22-30(29)40-7-2)16-20-31(37)36(23-26-13-17-27(34)18-14-26)28(32(38)35-33(3,4)5)21-24-11-9-8-10-12-24/h8-15,17-19,22,28H,6-7,16,20-21,23H2,1-5H3,(H,35,38)/t28-/m0/s1. The maximum Gasteiger partial charge on any atom is 0.243 e. The quantitative estimate of drug-likeness (QED) is 0.233. The van der Waals surface area contributed by atoms with Crippen molar-refractivity contribution in [3.63, 3.8) is 0 Å². The molecule has 0 aliphatic heterocycles. The molecule has 3 aromatic carbocycles. The number of nitrogens with zero attached hydrogens (tertiary/aromatic N) is 1. The van der Waals surface area contributed by atoms with Gasteiger partial charge in [0.15, 0.2) is 11.5 Å². The van der Waals surface area contributed by atoms with E-state index in [4.69, 9.17) is 9.47 Å². The van der Waals surface area contributed by atoms with Crippen molar-refractivity contribution in [1.29, 1.82) is 0 Å². The van der Waals surface area contributed by atoms with Crippen molar-refractivity contribution < 1.29 is 19.1 Å². The van der Waals surface area contributed by atoms with Crippen molar-refractivity contribution in [2.45, 2.75) is 72.0 Å². The third kappa shape index (κ3) is 9.70. The smallest absolute Gasteiger partial charge is 0.243 e. The molecule has 3 aromatic rings. The molecule has 0 aromatic heterocycles. The van der Waals surface area contributed by atoms with Crippen LogP contribution in [0.15, 0.2) is 77.3 Å². The van der Waals surface area contributed by atoms with E-state index in [1.165, 1.54) is 0 Å². The lowest BCUT2D eigenvalue weighted by Crippen LogP contribution is -2.54. The van der Waals surface area contributed by atoms with Crippen LogP contribution in [0.3, 0.4) is 0 Å². The number of aryl methyl sites for hydroxylation is 1. The molecule has 3 rings (SSSR count). The first-order valence-corrected chi connectivity index (χ1v) is 14.7. The highest BCUT2D eigenvalue weighted by molar-refractivity contribution is 9.10. The molecule has 1 N–H and O–H groups in total. The zero-order valence-corrected chi connectivity index (χ0v) is 25.8. The Balaban J connectivity index is 1.91. The predicted octanol–water partition coefficient (Wildman–Crippen LogP) is 6.73. The van der Waals surface area contributed by atoms with Gasteiger partial charge in [0.1, 0.15) is 6.04 Å². The van der Waals surface area contributed by atoms with E-state index in [1.54, 1.807) is 4.90 Å². The van der Waals surface area contributed by atoms with E-state index in [2.05, 4.69) is 21.2 Å². The van der Waals surface area contributed by atoms with Crippen LogP contribution in [0, 0.1) is 0 Å². The largest absolute Gasteiger partial charge is 0.490 e. The van der Waals surface area contributed by atoms with E-state index in [-0.39, 0.29) is 18.2 Å². The van der Waals surface area contributed by atoms with E-state index < -0.39 is 11.6 Å². The Hall–Kier alpha value is -3.32. The third-order valence-corrected chi connectivity index (χ3v) is 6.80. The Labute approximate surface area is 247 Å². The van der Waals surface area contributed by atoms with E-state index in [0.717, 1.165) is 21.2 Å². The topological polar surface area (TPSA) is 67.9 Å². The molecule has 1 atom stereocenters. The van der Waals surface area contributed by atoms with E-state index in [1.807, 2.05) is 107 Å². The van der Waals surface area contributed by atoms with Gasteiger partial charge >= 0.3 is 0 Å². The Morgan fingerprint density at radius 3 is 2.10 bits per heavy atom. The van der Waals surface area contributed by atoms with Crippen LogP contribution in [0.25, 0.3) is 0 Å². The predicted molar refractivity (Wildman–Crippen MR) is 164 cm³/mol. The van der Waals surface area contributed by atoms with E-state index >= 15 is 0 Å². The minimum atomic E-state index is -0.669. The normalized spacial score (nSPS) is 11.9. The van der Waals surface area contributed by atoms with Crippen LogP contribution in [0.5, 0.6) is 11.5 Å². The molecule has 0 fully saturated rings. The highest BCUT2D eigenvalue weighted by atomic mass is 79.9. The first kappa shape index (κ1) is 31.2. The maximum atomic E-state index is 14.0. The van der Waals surface area contributed by atoms with Crippen LogP contribution in [-0.4, -0.2) is 41.5 Å². The van der Waals surface area contributed by atoms with Gasteiger partial charge in [-0.3, -0.25) is 9.59 Å². The van der Waals surface area contributed by atoms with Gasteiger partial charge in [0.25, 0.3) is 0 Å². The number of nitrogens with one attached hydrogen (secondary N) is 1. The molecule has 40 heavy (non-hydrogen) atoms. The fourth-order valence-electron chi connectivity index (χ4n) is 4.44. The molecule has 0 spiro atoms.